The molecule has 2 amide bonds. The monoisotopic (exact) mass is 484 g/mol. The Bertz CT molecular complexity index is 1360. The van der Waals surface area contributed by atoms with E-state index in [1.807, 2.05) is 24.3 Å². The Kier molecular flexibility index (Phi) is 6.38. The van der Waals surface area contributed by atoms with Crippen LogP contribution < -0.4 is 15.0 Å². The van der Waals surface area contributed by atoms with E-state index in [0.29, 0.717) is 23.4 Å². The van der Waals surface area contributed by atoms with Gasteiger partial charge in [-0.25, -0.2) is 0 Å². The summed E-state index contributed by atoms with van der Waals surface area (Å²) in [6, 6.07) is 13.5. The minimum atomic E-state index is -1.14. The Morgan fingerprint density at radius 3 is 2.81 bits per heavy atom. The van der Waals surface area contributed by atoms with Crippen molar-refractivity contribution in [3.63, 3.8) is 0 Å². The number of pyridine rings is 2. The number of aromatic nitrogens is 2. The predicted molar refractivity (Wildman–Crippen MR) is 131 cm³/mol. The third kappa shape index (κ3) is 5.05. The topological polar surface area (TPSA) is 114 Å². The first-order valence-electron chi connectivity index (χ1n) is 11.4. The lowest BCUT2D eigenvalue weighted by Crippen LogP contribution is -2.49. The second-order valence-electron chi connectivity index (χ2n) is 8.74. The molecule has 1 atom stereocenters. The number of benzene rings is 1. The molecule has 4 heterocycles. The van der Waals surface area contributed by atoms with Crippen molar-refractivity contribution in [1.82, 2.24) is 15.3 Å². The van der Waals surface area contributed by atoms with Gasteiger partial charge in [-0.15, -0.1) is 0 Å². The van der Waals surface area contributed by atoms with Crippen LogP contribution >= 0.6 is 0 Å². The molecule has 0 bridgehead atoms. The van der Waals surface area contributed by atoms with Crippen molar-refractivity contribution in [2.75, 3.05) is 31.8 Å². The molecule has 1 unspecified atom stereocenters. The van der Waals surface area contributed by atoms with Crippen LogP contribution in [0.2, 0.25) is 0 Å². The molecular weight excluding hydrogens is 460 g/mol. The van der Waals surface area contributed by atoms with Crippen LogP contribution in [0, 0.1) is 11.8 Å². The average Bonchev–Trinajstić information content (AvgIpc) is 2.99. The van der Waals surface area contributed by atoms with E-state index in [1.165, 1.54) is 4.90 Å². The summed E-state index contributed by atoms with van der Waals surface area (Å²) in [6.45, 7) is 0.321. The zero-order valence-corrected chi connectivity index (χ0v) is 19.6. The van der Waals surface area contributed by atoms with E-state index in [2.05, 4.69) is 27.1 Å². The number of hydrogen-bond acceptors (Lipinski definition) is 7. The summed E-state index contributed by atoms with van der Waals surface area (Å²) in [5.41, 5.74) is 1.97. The summed E-state index contributed by atoms with van der Waals surface area (Å²) in [5.74, 6) is 5.42. The van der Waals surface area contributed by atoms with Gasteiger partial charge in [0.05, 0.1) is 18.9 Å². The van der Waals surface area contributed by atoms with Gasteiger partial charge in [0, 0.05) is 37.1 Å². The van der Waals surface area contributed by atoms with Gasteiger partial charge in [0.1, 0.15) is 24.1 Å². The molecule has 0 saturated carbocycles. The number of nitrogens with one attached hydrogen (secondary N) is 1. The van der Waals surface area contributed by atoms with Crippen molar-refractivity contribution in [2.24, 2.45) is 0 Å². The summed E-state index contributed by atoms with van der Waals surface area (Å²) in [4.78, 5) is 36.1. The fourth-order valence-electron chi connectivity index (χ4n) is 3.89. The number of aliphatic hydroxyl groups is 1. The molecule has 0 aliphatic carbocycles. The van der Waals surface area contributed by atoms with E-state index in [1.54, 1.807) is 43.7 Å². The van der Waals surface area contributed by atoms with Gasteiger partial charge in [0.15, 0.2) is 5.60 Å². The summed E-state index contributed by atoms with van der Waals surface area (Å²) in [6.07, 6.45) is 3.84. The highest BCUT2D eigenvalue weighted by atomic mass is 16.5. The molecule has 2 aromatic heterocycles. The smallest absolute Gasteiger partial charge is 0.270 e. The highest BCUT2D eigenvalue weighted by molar-refractivity contribution is 6.03. The molecule has 2 aliphatic heterocycles. The molecule has 1 saturated heterocycles. The lowest BCUT2D eigenvalue weighted by Gasteiger charge is -2.30. The molecule has 182 valence electrons. The van der Waals surface area contributed by atoms with Crippen molar-refractivity contribution in [3.8, 4) is 17.6 Å². The number of ether oxygens (including phenoxy) is 2. The third-order valence-corrected chi connectivity index (χ3v) is 5.95. The van der Waals surface area contributed by atoms with Crippen molar-refractivity contribution in [1.29, 1.82) is 0 Å². The van der Waals surface area contributed by atoms with Gasteiger partial charge in [-0.2, -0.15) is 0 Å². The number of carbonyl (C=O) groups excluding carboxylic acids is 2. The zero-order valence-electron chi connectivity index (χ0n) is 19.6. The molecule has 9 heteroatoms. The third-order valence-electron chi connectivity index (χ3n) is 5.95. The summed E-state index contributed by atoms with van der Waals surface area (Å²) >= 11 is 0. The van der Waals surface area contributed by atoms with Gasteiger partial charge >= 0.3 is 0 Å². The maximum Gasteiger partial charge on any atom is 0.270 e. The summed E-state index contributed by atoms with van der Waals surface area (Å²) < 4.78 is 10.9. The van der Waals surface area contributed by atoms with Crippen molar-refractivity contribution < 1.29 is 24.2 Å². The van der Waals surface area contributed by atoms with Crippen LogP contribution in [-0.4, -0.2) is 65.4 Å². The molecule has 0 spiro atoms. The molecule has 9 nitrogen and oxygen atoms in total. The minimum Gasteiger partial charge on any atom is -0.489 e. The van der Waals surface area contributed by atoms with Gasteiger partial charge in [-0.3, -0.25) is 19.6 Å². The van der Waals surface area contributed by atoms with Crippen molar-refractivity contribution in [3.05, 3.63) is 83.4 Å². The van der Waals surface area contributed by atoms with E-state index < -0.39 is 17.6 Å². The normalized spacial score (nSPS) is 18.0. The van der Waals surface area contributed by atoms with Crippen LogP contribution in [0.15, 0.2) is 60.9 Å². The first-order chi connectivity index (χ1) is 17.4. The van der Waals surface area contributed by atoms with Crippen LogP contribution in [-0.2, 0) is 16.0 Å². The number of rotatable bonds is 4. The highest BCUT2D eigenvalue weighted by Gasteiger charge is 2.34. The Hall–Kier alpha value is -4.26. The largest absolute Gasteiger partial charge is 0.489 e. The zero-order chi connectivity index (χ0) is 25.1. The second-order valence-corrected chi connectivity index (χ2v) is 8.74. The van der Waals surface area contributed by atoms with Gasteiger partial charge in [0.2, 0.25) is 0 Å². The summed E-state index contributed by atoms with van der Waals surface area (Å²) in [5, 5.41) is 12.9. The molecule has 5 rings (SSSR count). The highest BCUT2D eigenvalue weighted by Crippen LogP contribution is 2.31. The molecule has 36 heavy (non-hydrogen) atoms. The molecule has 3 aromatic rings. The van der Waals surface area contributed by atoms with E-state index in [0.717, 1.165) is 11.3 Å². The Morgan fingerprint density at radius 1 is 1.19 bits per heavy atom. The van der Waals surface area contributed by atoms with Gasteiger partial charge < -0.3 is 24.8 Å². The first-order valence-corrected chi connectivity index (χ1v) is 11.4. The van der Waals surface area contributed by atoms with E-state index in [-0.39, 0.29) is 31.4 Å². The number of hydrogen-bond donors (Lipinski definition) is 2. The quantitative estimate of drug-likeness (QED) is 0.537. The van der Waals surface area contributed by atoms with Gasteiger partial charge in [-0.05, 0) is 48.0 Å². The predicted octanol–water partition coefficient (Wildman–Crippen LogP) is 1.33. The van der Waals surface area contributed by atoms with Crippen LogP contribution in [0.4, 0.5) is 5.69 Å². The second kappa shape index (κ2) is 9.77. The number of carbonyl (C=O) groups is 2. The van der Waals surface area contributed by atoms with Crippen LogP contribution in [0.1, 0.15) is 27.3 Å². The first kappa shape index (κ1) is 23.5. The van der Waals surface area contributed by atoms with Crippen molar-refractivity contribution >= 4 is 17.5 Å². The van der Waals surface area contributed by atoms with Crippen molar-refractivity contribution in [2.45, 2.75) is 18.1 Å². The molecule has 1 aromatic carbocycles. The van der Waals surface area contributed by atoms with Crippen LogP contribution in [0.3, 0.4) is 0 Å². The SMILES string of the molecule is CN1C(=O)C(NC(=O)c2cc(Cc3ccccn3)ccn2)COc2ccc(C#CC3(O)COC3)cc21. The lowest BCUT2D eigenvalue weighted by molar-refractivity contribution is -0.140. The Labute approximate surface area is 208 Å². The Morgan fingerprint density at radius 2 is 2.06 bits per heavy atom. The fourth-order valence-corrected chi connectivity index (χ4v) is 3.89. The molecule has 1 fully saturated rings. The maximum absolute atomic E-state index is 13.2. The molecule has 0 radical (unpaired) electrons. The number of fused-ring (bicyclic) bond motifs is 1. The van der Waals surface area contributed by atoms with E-state index in [4.69, 9.17) is 9.47 Å². The van der Waals surface area contributed by atoms with E-state index in [9.17, 15) is 14.7 Å². The number of likely N-dealkylation sites (N-methyl/N-ethyl adjacent to an activating group) is 1. The standard InChI is InChI=1S/C27H24N4O5/c1-31-23-14-18(7-9-27(34)16-35-17-27)5-6-24(23)36-15-22(26(31)33)30-25(32)21-13-19(8-11-29-21)12-20-4-2-3-10-28-20/h2-6,8,10-11,13-14,22,34H,12,15-17H2,1H3,(H,30,32). The lowest BCUT2D eigenvalue weighted by atomic mass is 10.0. The number of amides is 2. The van der Waals surface area contributed by atoms with Gasteiger partial charge in [-0.1, -0.05) is 17.9 Å². The van der Waals surface area contributed by atoms with E-state index >= 15 is 0 Å². The average molecular weight is 485 g/mol. The van der Waals surface area contributed by atoms with Crippen LogP contribution in [0.25, 0.3) is 0 Å². The fraction of sp³-hybridized carbons (Fsp3) is 0.259. The number of anilines is 1. The summed E-state index contributed by atoms with van der Waals surface area (Å²) in [7, 11) is 1.62. The van der Waals surface area contributed by atoms with Crippen LogP contribution in [0.5, 0.6) is 5.75 Å². The minimum absolute atomic E-state index is 0.0301. The molecule has 2 aliphatic rings. The maximum atomic E-state index is 13.2. The Balaban J connectivity index is 1.29. The van der Waals surface area contributed by atoms with Gasteiger partial charge in [0.25, 0.3) is 11.8 Å². The molecule has 2 N–H and O–H groups in total. The molecular formula is C27H24N4O5. The number of nitrogens with zero attached hydrogens (tertiary/aromatic N) is 3.